The fourth-order valence-electron chi connectivity index (χ4n) is 1.96. The van der Waals surface area contributed by atoms with Crippen molar-refractivity contribution in [2.24, 2.45) is 5.73 Å². The molecule has 4 heteroatoms. The van der Waals surface area contributed by atoms with E-state index in [9.17, 15) is 0 Å². The summed E-state index contributed by atoms with van der Waals surface area (Å²) in [6, 6.07) is 10.7. The maximum Gasteiger partial charge on any atom is 0.0937 e. The third kappa shape index (κ3) is 5.51. The maximum absolute atomic E-state index is 6.11. The van der Waals surface area contributed by atoms with Crippen LogP contribution in [0.1, 0.15) is 17.0 Å². The van der Waals surface area contributed by atoms with E-state index in [4.69, 9.17) is 5.73 Å². The van der Waals surface area contributed by atoms with Crippen LogP contribution in [0, 0.1) is 0 Å². The molecule has 0 fully saturated rings. The summed E-state index contributed by atoms with van der Waals surface area (Å²) in [6.45, 7) is 1.82. The van der Waals surface area contributed by atoms with Crippen LogP contribution < -0.4 is 11.1 Å². The van der Waals surface area contributed by atoms with Gasteiger partial charge in [0, 0.05) is 37.1 Å². The summed E-state index contributed by atoms with van der Waals surface area (Å²) in [5, 5.41) is 6.60. The molecule has 19 heavy (non-hydrogen) atoms. The highest BCUT2D eigenvalue weighted by Gasteiger charge is 2.03. The van der Waals surface area contributed by atoms with E-state index in [0.29, 0.717) is 0 Å². The van der Waals surface area contributed by atoms with Gasteiger partial charge in [-0.2, -0.15) is 0 Å². The summed E-state index contributed by atoms with van der Waals surface area (Å²) in [5.74, 6) is 0. The number of nitrogens with one attached hydrogen (secondary N) is 1. The first-order chi connectivity index (χ1) is 9.34. The summed E-state index contributed by atoms with van der Waals surface area (Å²) in [4.78, 5) is 4.26. The zero-order valence-corrected chi connectivity index (χ0v) is 11.9. The summed E-state index contributed by atoms with van der Waals surface area (Å²) in [6.07, 6.45) is 4.92. The lowest BCUT2D eigenvalue weighted by Crippen LogP contribution is -2.35. The van der Waals surface area contributed by atoms with Gasteiger partial charge < -0.3 is 11.1 Å². The van der Waals surface area contributed by atoms with Crippen molar-refractivity contribution in [3.8, 4) is 0 Å². The number of nitrogens with two attached hydrogens (primary N) is 1. The Hall–Kier alpha value is -1.23. The van der Waals surface area contributed by atoms with Crippen molar-refractivity contribution in [3.63, 3.8) is 0 Å². The number of rotatable bonds is 8. The smallest absolute Gasteiger partial charge is 0.0937 e. The number of aromatic nitrogens is 1. The Morgan fingerprint density at radius 2 is 2.05 bits per heavy atom. The second kappa shape index (κ2) is 8.04. The number of hydrogen-bond donors (Lipinski definition) is 2. The Labute approximate surface area is 118 Å². The molecule has 0 bridgehead atoms. The van der Waals surface area contributed by atoms with E-state index in [1.165, 1.54) is 10.6 Å². The van der Waals surface area contributed by atoms with E-state index in [1.807, 2.05) is 17.6 Å². The highest BCUT2D eigenvalue weighted by atomic mass is 32.1. The van der Waals surface area contributed by atoms with E-state index >= 15 is 0 Å². The quantitative estimate of drug-likeness (QED) is 0.726. The van der Waals surface area contributed by atoms with Crippen molar-refractivity contribution in [3.05, 3.63) is 52.5 Å². The lowest BCUT2D eigenvalue weighted by Gasteiger charge is -2.12. The van der Waals surface area contributed by atoms with Crippen LogP contribution in [0.4, 0.5) is 0 Å². The molecule has 0 aliphatic heterocycles. The predicted octanol–water partition coefficient (Wildman–Crippen LogP) is 2.24. The molecule has 0 spiro atoms. The lowest BCUT2D eigenvalue weighted by molar-refractivity contribution is 0.546. The Morgan fingerprint density at radius 3 is 2.79 bits per heavy atom. The molecule has 1 aromatic carbocycles. The molecule has 2 rings (SSSR count). The standard InChI is InChI=1S/C15H21N3S/c16-14(7-6-13-4-2-1-3-5-13)12-17-9-8-15-18-10-11-19-15/h1-5,10-11,14,17H,6-9,12,16H2. The SMILES string of the molecule is NC(CCc1ccccc1)CNCCc1nccs1. The topological polar surface area (TPSA) is 50.9 Å². The first kappa shape index (κ1) is 14.2. The molecule has 3 nitrogen and oxygen atoms in total. The highest BCUT2D eigenvalue weighted by Crippen LogP contribution is 2.04. The first-order valence-electron chi connectivity index (χ1n) is 6.73. The monoisotopic (exact) mass is 275 g/mol. The van der Waals surface area contributed by atoms with Crippen molar-refractivity contribution in [1.29, 1.82) is 0 Å². The van der Waals surface area contributed by atoms with Crippen molar-refractivity contribution < 1.29 is 0 Å². The van der Waals surface area contributed by atoms with Crippen LogP contribution in [-0.2, 0) is 12.8 Å². The molecule has 1 heterocycles. The Balaban J connectivity index is 1.56. The maximum atomic E-state index is 6.11. The molecule has 1 unspecified atom stereocenters. The summed E-state index contributed by atoms with van der Waals surface area (Å²) in [5.41, 5.74) is 7.47. The average Bonchev–Trinajstić information content (AvgIpc) is 2.96. The van der Waals surface area contributed by atoms with E-state index in [2.05, 4.69) is 34.6 Å². The second-order valence-corrected chi connectivity index (χ2v) is 5.64. The van der Waals surface area contributed by atoms with Crippen molar-refractivity contribution in [2.75, 3.05) is 13.1 Å². The van der Waals surface area contributed by atoms with Crippen LogP contribution in [-0.4, -0.2) is 24.1 Å². The average molecular weight is 275 g/mol. The zero-order chi connectivity index (χ0) is 13.3. The van der Waals surface area contributed by atoms with Crippen LogP contribution in [0.25, 0.3) is 0 Å². The molecule has 0 aliphatic carbocycles. The molecule has 2 aromatic rings. The lowest BCUT2D eigenvalue weighted by atomic mass is 10.1. The van der Waals surface area contributed by atoms with Crippen LogP contribution in [0.3, 0.4) is 0 Å². The van der Waals surface area contributed by atoms with Gasteiger partial charge in [-0.05, 0) is 18.4 Å². The van der Waals surface area contributed by atoms with Gasteiger partial charge >= 0.3 is 0 Å². The molecule has 102 valence electrons. The first-order valence-corrected chi connectivity index (χ1v) is 7.61. The van der Waals surface area contributed by atoms with Gasteiger partial charge in [0.05, 0.1) is 5.01 Å². The Morgan fingerprint density at radius 1 is 1.21 bits per heavy atom. The van der Waals surface area contributed by atoms with Crippen LogP contribution in [0.5, 0.6) is 0 Å². The van der Waals surface area contributed by atoms with Gasteiger partial charge in [0.25, 0.3) is 0 Å². The minimum atomic E-state index is 0.219. The van der Waals surface area contributed by atoms with Gasteiger partial charge in [0.15, 0.2) is 0 Å². The molecule has 1 aromatic heterocycles. The zero-order valence-electron chi connectivity index (χ0n) is 11.1. The Bertz CT molecular complexity index is 442. The normalized spacial score (nSPS) is 12.5. The highest BCUT2D eigenvalue weighted by molar-refractivity contribution is 7.09. The third-order valence-corrected chi connectivity index (χ3v) is 3.89. The molecule has 0 aliphatic rings. The number of thiazole rings is 1. The molecule has 1 atom stereocenters. The van der Waals surface area contributed by atoms with Crippen LogP contribution in [0.2, 0.25) is 0 Å². The van der Waals surface area contributed by atoms with Gasteiger partial charge in [0.1, 0.15) is 0 Å². The van der Waals surface area contributed by atoms with Gasteiger partial charge in [0.2, 0.25) is 0 Å². The fourth-order valence-corrected chi connectivity index (χ4v) is 2.58. The molecular weight excluding hydrogens is 254 g/mol. The molecular formula is C15H21N3S. The number of benzene rings is 1. The predicted molar refractivity (Wildman–Crippen MR) is 81.4 cm³/mol. The molecule has 3 N–H and O–H groups in total. The molecule has 0 amide bonds. The summed E-state index contributed by atoms with van der Waals surface area (Å²) in [7, 11) is 0. The van der Waals surface area contributed by atoms with Gasteiger partial charge in [-0.1, -0.05) is 30.3 Å². The van der Waals surface area contributed by atoms with E-state index < -0.39 is 0 Å². The van der Waals surface area contributed by atoms with Crippen LogP contribution >= 0.6 is 11.3 Å². The largest absolute Gasteiger partial charge is 0.327 e. The number of aryl methyl sites for hydroxylation is 1. The van der Waals surface area contributed by atoms with Gasteiger partial charge in [-0.15, -0.1) is 11.3 Å². The number of nitrogens with zero attached hydrogens (tertiary/aromatic N) is 1. The molecule has 0 radical (unpaired) electrons. The second-order valence-electron chi connectivity index (χ2n) is 4.66. The number of hydrogen-bond acceptors (Lipinski definition) is 4. The molecule has 0 saturated heterocycles. The van der Waals surface area contributed by atoms with E-state index in [1.54, 1.807) is 11.3 Å². The minimum Gasteiger partial charge on any atom is -0.327 e. The summed E-state index contributed by atoms with van der Waals surface area (Å²) >= 11 is 1.71. The van der Waals surface area contributed by atoms with Crippen molar-refractivity contribution >= 4 is 11.3 Å². The summed E-state index contributed by atoms with van der Waals surface area (Å²) < 4.78 is 0. The van der Waals surface area contributed by atoms with Crippen molar-refractivity contribution in [1.82, 2.24) is 10.3 Å². The minimum absolute atomic E-state index is 0.219. The van der Waals surface area contributed by atoms with Crippen LogP contribution in [0.15, 0.2) is 41.9 Å². The fraction of sp³-hybridized carbons (Fsp3) is 0.400. The van der Waals surface area contributed by atoms with Gasteiger partial charge in [-0.3, -0.25) is 0 Å². The van der Waals surface area contributed by atoms with Crippen molar-refractivity contribution in [2.45, 2.75) is 25.3 Å². The van der Waals surface area contributed by atoms with E-state index in [0.717, 1.165) is 32.4 Å². The molecule has 0 saturated carbocycles. The van der Waals surface area contributed by atoms with Gasteiger partial charge in [-0.25, -0.2) is 4.98 Å². The third-order valence-electron chi connectivity index (χ3n) is 3.05. The van der Waals surface area contributed by atoms with E-state index in [-0.39, 0.29) is 6.04 Å². The Kier molecular flexibility index (Phi) is 6.01.